The minimum Gasteiger partial charge on any atom is -0.357 e. The lowest BCUT2D eigenvalue weighted by atomic mass is 9.84. The molecule has 1 N–H and O–H groups in total. The van der Waals surface area contributed by atoms with E-state index in [0.29, 0.717) is 5.69 Å². The van der Waals surface area contributed by atoms with E-state index in [1.54, 1.807) is 30.5 Å². The van der Waals surface area contributed by atoms with E-state index in [1.165, 1.54) is 24.3 Å². The molecule has 3 aliphatic heterocycles. The second kappa shape index (κ2) is 8.16. The van der Waals surface area contributed by atoms with Gasteiger partial charge in [0.2, 0.25) is 17.7 Å². The zero-order valence-electron chi connectivity index (χ0n) is 18.9. The third-order valence-corrected chi connectivity index (χ3v) is 7.09. The van der Waals surface area contributed by atoms with E-state index in [-0.39, 0.29) is 17.3 Å². The minimum atomic E-state index is -0.919. The van der Waals surface area contributed by atoms with E-state index in [4.69, 9.17) is 0 Å². The SMILES string of the molecule is O=C(Nc1ccccc1)[C@@H]1[C@@H]2C(=O)N(c3ccc([N+](=O)[O-])cc3)C(=O)[C@H]2[C@H]2c3ccccc3C=CN12. The van der Waals surface area contributed by atoms with Crippen LogP contribution in [0.1, 0.15) is 17.2 Å². The molecule has 9 nitrogen and oxygen atoms in total. The lowest BCUT2D eigenvalue weighted by molar-refractivity contribution is -0.384. The van der Waals surface area contributed by atoms with E-state index >= 15 is 0 Å². The molecule has 178 valence electrons. The summed E-state index contributed by atoms with van der Waals surface area (Å²) < 4.78 is 0. The molecule has 6 rings (SSSR count). The molecule has 4 atom stereocenters. The molecule has 0 unspecified atom stereocenters. The number of nitrogens with one attached hydrogen (secondary N) is 1. The van der Waals surface area contributed by atoms with Crippen LogP contribution >= 0.6 is 0 Å². The van der Waals surface area contributed by atoms with Gasteiger partial charge < -0.3 is 10.2 Å². The molecule has 0 bridgehead atoms. The highest BCUT2D eigenvalue weighted by molar-refractivity contribution is 6.24. The Morgan fingerprint density at radius 1 is 0.861 bits per heavy atom. The monoisotopic (exact) mass is 480 g/mol. The molecule has 3 aliphatic rings. The summed E-state index contributed by atoms with van der Waals surface area (Å²) in [6.07, 6.45) is 3.68. The average molecular weight is 480 g/mol. The first-order chi connectivity index (χ1) is 17.5. The van der Waals surface area contributed by atoms with Crippen LogP contribution in [0, 0.1) is 22.0 Å². The summed E-state index contributed by atoms with van der Waals surface area (Å²) in [6.45, 7) is 0. The summed E-state index contributed by atoms with van der Waals surface area (Å²) in [4.78, 5) is 54.6. The zero-order chi connectivity index (χ0) is 25.0. The van der Waals surface area contributed by atoms with Crippen LogP contribution in [0.15, 0.2) is 85.1 Å². The second-order valence-electron chi connectivity index (χ2n) is 8.97. The van der Waals surface area contributed by atoms with Gasteiger partial charge >= 0.3 is 0 Å². The quantitative estimate of drug-likeness (QED) is 0.346. The first-order valence-electron chi connectivity index (χ1n) is 11.5. The number of carbonyl (C=O) groups is 3. The smallest absolute Gasteiger partial charge is 0.269 e. The highest BCUT2D eigenvalue weighted by atomic mass is 16.6. The van der Waals surface area contributed by atoms with Crippen LogP contribution in [0.2, 0.25) is 0 Å². The maximum atomic E-state index is 13.8. The summed E-state index contributed by atoms with van der Waals surface area (Å²) in [7, 11) is 0. The number of carbonyl (C=O) groups excluding carboxylic acids is 3. The fourth-order valence-corrected chi connectivity index (χ4v) is 5.57. The third-order valence-electron chi connectivity index (χ3n) is 7.09. The van der Waals surface area contributed by atoms with Gasteiger partial charge in [0.15, 0.2) is 0 Å². The van der Waals surface area contributed by atoms with Gasteiger partial charge in [0.05, 0.1) is 28.5 Å². The molecular formula is C27H20N4O5. The standard InChI is InChI=1S/C27H20N4O5/c32-25(28-17-7-2-1-3-8-17)24-22-21(23-20-9-5-4-6-16(20)14-15-29(23)24)26(33)30(27(22)34)18-10-12-19(13-11-18)31(35)36/h1-15,21-24H,(H,28,32)/t21-,22-,23-,24+/m1/s1. The first-order valence-corrected chi connectivity index (χ1v) is 11.5. The number of anilines is 2. The fourth-order valence-electron chi connectivity index (χ4n) is 5.57. The van der Waals surface area contributed by atoms with Gasteiger partial charge in [0, 0.05) is 24.0 Å². The van der Waals surface area contributed by atoms with Crippen LogP contribution in [0.4, 0.5) is 17.1 Å². The number of hydrogen-bond donors (Lipinski definition) is 1. The molecule has 0 spiro atoms. The Morgan fingerprint density at radius 2 is 1.53 bits per heavy atom. The number of nitrogens with zero attached hydrogens (tertiary/aromatic N) is 3. The Hall–Kier alpha value is -4.79. The van der Waals surface area contributed by atoms with E-state index in [2.05, 4.69) is 5.32 Å². The topological polar surface area (TPSA) is 113 Å². The molecule has 3 heterocycles. The highest BCUT2D eigenvalue weighted by Crippen LogP contribution is 2.53. The van der Waals surface area contributed by atoms with Crippen LogP contribution in [-0.2, 0) is 14.4 Å². The molecule has 2 fully saturated rings. The number of non-ortho nitro benzene ring substituents is 1. The van der Waals surface area contributed by atoms with Crippen molar-refractivity contribution in [3.63, 3.8) is 0 Å². The summed E-state index contributed by atoms with van der Waals surface area (Å²) >= 11 is 0. The number of fused-ring (bicyclic) bond motifs is 5. The molecule has 3 aromatic carbocycles. The van der Waals surface area contributed by atoms with Gasteiger partial charge in [-0.2, -0.15) is 0 Å². The van der Waals surface area contributed by atoms with Gasteiger partial charge in [-0.15, -0.1) is 0 Å². The maximum absolute atomic E-state index is 13.8. The van der Waals surface area contributed by atoms with Gasteiger partial charge in [0.1, 0.15) is 6.04 Å². The van der Waals surface area contributed by atoms with Crippen molar-refractivity contribution in [2.75, 3.05) is 10.2 Å². The fraction of sp³-hybridized carbons (Fsp3) is 0.148. The maximum Gasteiger partial charge on any atom is 0.269 e. The van der Waals surface area contributed by atoms with Crippen molar-refractivity contribution >= 4 is 40.9 Å². The number of para-hydroxylation sites is 1. The van der Waals surface area contributed by atoms with Crippen LogP contribution in [0.3, 0.4) is 0 Å². The minimum absolute atomic E-state index is 0.143. The van der Waals surface area contributed by atoms with Crippen LogP contribution in [-0.4, -0.2) is 33.6 Å². The van der Waals surface area contributed by atoms with Crippen molar-refractivity contribution in [2.45, 2.75) is 12.1 Å². The Bertz CT molecular complexity index is 1440. The van der Waals surface area contributed by atoms with Crippen LogP contribution in [0.5, 0.6) is 0 Å². The summed E-state index contributed by atoms with van der Waals surface area (Å²) in [6, 6.07) is 20.5. The second-order valence-corrected chi connectivity index (χ2v) is 8.97. The highest BCUT2D eigenvalue weighted by Gasteiger charge is 2.64. The third kappa shape index (κ3) is 3.20. The molecule has 0 aliphatic carbocycles. The first kappa shape index (κ1) is 21.7. The van der Waals surface area contributed by atoms with E-state index in [0.717, 1.165) is 16.0 Å². The lowest BCUT2D eigenvalue weighted by Crippen LogP contribution is -2.46. The Balaban J connectivity index is 1.43. The summed E-state index contributed by atoms with van der Waals surface area (Å²) in [5.74, 6) is -3.00. The van der Waals surface area contributed by atoms with Crippen molar-refractivity contribution in [3.05, 3.63) is 106 Å². The van der Waals surface area contributed by atoms with Crippen LogP contribution in [0.25, 0.3) is 6.08 Å². The number of benzene rings is 3. The lowest BCUT2D eigenvalue weighted by Gasteiger charge is -2.35. The van der Waals surface area contributed by atoms with Crippen molar-refractivity contribution in [2.24, 2.45) is 11.8 Å². The van der Waals surface area contributed by atoms with Gasteiger partial charge in [-0.3, -0.25) is 24.5 Å². The molecule has 3 aromatic rings. The number of nitro groups is 1. The Labute approximate surface area is 205 Å². The Kier molecular flexibility index (Phi) is 4.92. The van der Waals surface area contributed by atoms with Crippen molar-refractivity contribution in [1.29, 1.82) is 0 Å². The Morgan fingerprint density at radius 3 is 2.25 bits per heavy atom. The molecule has 0 radical (unpaired) electrons. The molecule has 3 amide bonds. The number of hydrogen-bond acceptors (Lipinski definition) is 6. The van der Waals surface area contributed by atoms with Gasteiger partial charge in [0.25, 0.3) is 5.69 Å². The predicted octanol–water partition coefficient (Wildman–Crippen LogP) is 3.75. The van der Waals surface area contributed by atoms with Gasteiger partial charge in [-0.05, 0) is 41.5 Å². The summed E-state index contributed by atoms with van der Waals surface area (Å²) in [5.41, 5.74) is 2.49. The number of amides is 3. The molecule has 0 saturated carbocycles. The van der Waals surface area contributed by atoms with Crippen molar-refractivity contribution in [1.82, 2.24) is 4.90 Å². The molecular weight excluding hydrogens is 460 g/mol. The van der Waals surface area contributed by atoms with Crippen LogP contribution < -0.4 is 10.2 Å². The molecule has 36 heavy (non-hydrogen) atoms. The zero-order valence-corrected chi connectivity index (χ0v) is 18.9. The largest absolute Gasteiger partial charge is 0.357 e. The average Bonchev–Trinajstić information content (AvgIpc) is 3.37. The van der Waals surface area contributed by atoms with E-state index in [9.17, 15) is 24.5 Å². The summed E-state index contributed by atoms with van der Waals surface area (Å²) in [5, 5.41) is 14.0. The van der Waals surface area contributed by atoms with Crippen molar-refractivity contribution in [3.8, 4) is 0 Å². The van der Waals surface area contributed by atoms with E-state index < -0.39 is 40.7 Å². The number of nitro benzene ring substituents is 1. The molecule has 9 heteroatoms. The number of imide groups is 1. The van der Waals surface area contributed by atoms with E-state index in [1.807, 2.05) is 41.3 Å². The number of rotatable bonds is 4. The van der Waals surface area contributed by atoms with Crippen molar-refractivity contribution < 1.29 is 19.3 Å². The molecule has 0 aromatic heterocycles. The molecule has 2 saturated heterocycles. The van der Waals surface area contributed by atoms with Gasteiger partial charge in [-0.1, -0.05) is 42.5 Å². The van der Waals surface area contributed by atoms with Gasteiger partial charge in [-0.25, -0.2) is 4.90 Å². The normalized spacial score (nSPS) is 23.8. The predicted molar refractivity (Wildman–Crippen MR) is 131 cm³/mol.